The number of urea groups is 1. The molecule has 1 N–H and O–H groups in total. The van der Waals surface area contributed by atoms with Crippen molar-refractivity contribution < 1.29 is 14.3 Å². The number of benzene rings is 3. The summed E-state index contributed by atoms with van der Waals surface area (Å²) < 4.78 is 5.01. The van der Waals surface area contributed by atoms with E-state index < -0.39 is 0 Å². The summed E-state index contributed by atoms with van der Waals surface area (Å²) in [6.45, 7) is 6.85. The van der Waals surface area contributed by atoms with Gasteiger partial charge in [0.05, 0.1) is 13.0 Å². The molecule has 0 aliphatic heterocycles. The number of carbonyl (C=O) groups excluding carboxylic acids is 2. The Morgan fingerprint density at radius 3 is 2.44 bits per heavy atom. The first-order valence-electron chi connectivity index (χ1n) is 11.3. The zero-order chi connectivity index (χ0) is 24.2. The van der Waals surface area contributed by atoms with Crippen LogP contribution in [0.15, 0.2) is 101 Å². The standard InChI is InChI=1S/C28H30N2O3S/c1-3-18-29-28(32)30(19-17-22-9-6-5-7-10-22)24-11-8-12-26(21-24)34-25-15-13-23(14-16-25)20-27(31)33-4-2/h3,5-16,21H,1,4,17-20H2,2H3,(H,29,32). The van der Waals surface area contributed by atoms with Gasteiger partial charge in [-0.2, -0.15) is 0 Å². The summed E-state index contributed by atoms with van der Waals surface area (Å²) in [5.41, 5.74) is 2.93. The number of rotatable bonds is 11. The third-order valence-electron chi connectivity index (χ3n) is 5.05. The Bertz CT molecular complexity index is 1080. The van der Waals surface area contributed by atoms with Crippen LogP contribution in [0, 0.1) is 0 Å². The van der Waals surface area contributed by atoms with Crippen LogP contribution in [0.2, 0.25) is 0 Å². The first-order chi connectivity index (χ1) is 16.6. The minimum atomic E-state index is -0.221. The molecular formula is C28H30N2O3S. The van der Waals surface area contributed by atoms with Crippen molar-refractivity contribution in [2.75, 3.05) is 24.6 Å². The van der Waals surface area contributed by atoms with Crippen molar-refractivity contribution in [3.63, 3.8) is 0 Å². The van der Waals surface area contributed by atoms with Crippen molar-refractivity contribution in [2.24, 2.45) is 0 Å². The highest BCUT2D eigenvalue weighted by Gasteiger charge is 2.16. The first kappa shape index (κ1) is 25.1. The van der Waals surface area contributed by atoms with E-state index >= 15 is 0 Å². The van der Waals surface area contributed by atoms with Gasteiger partial charge in [0.1, 0.15) is 0 Å². The Kier molecular flexibility index (Phi) is 9.80. The second-order valence-electron chi connectivity index (χ2n) is 7.59. The zero-order valence-electron chi connectivity index (χ0n) is 19.4. The van der Waals surface area contributed by atoms with Gasteiger partial charge in [-0.25, -0.2) is 4.79 Å². The predicted molar refractivity (Wildman–Crippen MR) is 138 cm³/mol. The molecule has 0 aliphatic carbocycles. The number of esters is 1. The Labute approximate surface area is 205 Å². The van der Waals surface area contributed by atoms with E-state index in [1.807, 2.05) is 66.7 Å². The summed E-state index contributed by atoms with van der Waals surface area (Å²) in [6.07, 6.45) is 2.69. The van der Waals surface area contributed by atoms with Crippen LogP contribution < -0.4 is 10.2 Å². The van der Waals surface area contributed by atoms with E-state index in [-0.39, 0.29) is 18.4 Å². The highest BCUT2D eigenvalue weighted by Crippen LogP contribution is 2.31. The van der Waals surface area contributed by atoms with Crippen LogP contribution in [0.4, 0.5) is 10.5 Å². The van der Waals surface area contributed by atoms with Gasteiger partial charge in [-0.05, 0) is 54.8 Å². The summed E-state index contributed by atoms with van der Waals surface area (Å²) in [5, 5.41) is 2.89. The largest absolute Gasteiger partial charge is 0.466 e. The van der Waals surface area contributed by atoms with Gasteiger partial charge in [0, 0.05) is 28.6 Å². The molecule has 0 atom stereocenters. The summed E-state index contributed by atoms with van der Waals surface area (Å²) in [6, 6.07) is 25.8. The molecule has 2 amide bonds. The van der Waals surface area contributed by atoms with Crippen LogP contribution in [-0.2, 0) is 22.4 Å². The van der Waals surface area contributed by atoms with Gasteiger partial charge >= 0.3 is 12.0 Å². The predicted octanol–water partition coefficient (Wildman–Crippen LogP) is 5.89. The number of carbonyl (C=O) groups is 2. The van der Waals surface area contributed by atoms with E-state index in [4.69, 9.17) is 4.74 Å². The Balaban J connectivity index is 1.72. The monoisotopic (exact) mass is 474 g/mol. The van der Waals surface area contributed by atoms with Crippen LogP contribution >= 0.6 is 11.8 Å². The molecule has 0 radical (unpaired) electrons. The molecule has 0 fully saturated rings. The Morgan fingerprint density at radius 1 is 0.971 bits per heavy atom. The fourth-order valence-electron chi connectivity index (χ4n) is 3.39. The lowest BCUT2D eigenvalue weighted by Gasteiger charge is -2.23. The highest BCUT2D eigenvalue weighted by molar-refractivity contribution is 7.99. The molecule has 176 valence electrons. The van der Waals surface area contributed by atoms with Crippen LogP contribution in [0.1, 0.15) is 18.1 Å². The lowest BCUT2D eigenvalue weighted by atomic mass is 10.1. The normalized spacial score (nSPS) is 10.4. The van der Waals surface area contributed by atoms with Crippen molar-refractivity contribution in [2.45, 2.75) is 29.6 Å². The second kappa shape index (κ2) is 13.3. The van der Waals surface area contributed by atoms with Crippen molar-refractivity contribution in [1.82, 2.24) is 5.32 Å². The van der Waals surface area contributed by atoms with Crippen molar-refractivity contribution in [1.29, 1.82) is 0 Å². The third kappa shape index (κ3) is 7.81. The maximum atomic E-state index is 12.9. The second-order valence-corrected chi connectivity index (χ2v) is 8.73. The lowest BCUT2D eigenvalue weighted by molar-refractivity contribution is -0.142. The number of amides is 2. The molecule has 34 heavy (non-hydrogen) atoms. The quantitative estimate of drug-likeness (QED) is 0.278. The zero-order valence-corrected chi connectivity index (χ0v) is 20.2. The molecule has 0 saturated heterocycles. The van der Waals surface area contributed by atoms with E-state index in [0.717, 1.165) is 27.5 Å². The maximum Gasteiger partial charge on any atom is 0.322 e. The van der Waals surface area contributed by atoms with Crippen LogP contribution in [-0.4, -0.2) is 31.7 Å². The van der Waals surface area contributed by atoms with Gasteiger partial charge in [-0.15, -0.1) is 6.58 Å². The van der Waals surface area contributed by atoms with Crippen LogP contribution in [0.5, 0.6) is 0 Å². The summed E-state index contributed by atoms with van der Waals surface area (Å²) in [5.74, 6) is -0.221. The van der Waals surface area contributed by atoms with Crippen molar-refractivity contribution in [3.05, 3.63) is 103 Å². The third-order valence-corrected chi connectivity index (χ3v) is 6.05. The van der Waals surface area contributed by atoms with Gasteiger partial charge in [0.25, 0.3) is 0 Å². The number of nitrogens with one attached hydrogen (secondary N) is 1. The molecule has 3 rings (SSSR count). The maximum absolute atomic E-state index is 12.9. The van der Waals surface area contributed by atoms with Crippen LogP contribution in [0.25, 0.3) is 0 Å². The van der Waals surface area contributed by atoms with Gasteiger partial charge in [-0.1, -0.05) is 66.4 Å². The van der Waals surface area contributed by atoms with Crippen molar-refractivity contribution >= 4 is 29.4 Å². The number of anilines is 1. The molecule has 0 spiro atoms. The molecule has 3 aromatic carbocycles. The van der Waals surface area contributed by atoms with E-state index in [1.54, 1.807) is 29.7 Å². The average Bonchev–Trinajstić information content (AvgIpc) is 2.85. The fourth-order valence-corrected chi connectivity index (χ4v) is 4.26. The molecule has 6 heteroatoms. The molecule has 5 nitrogen and oxygen atoms in total. The highest BCUT2D eigenvalue weighted by atomic mass is 32.2. The molecular weight excluding hydrogens is 444 g/mol. The van der Waals surface area contributed by atoms with Crippen LogP contribution in [0.3, 0.4) is 0 Å². The van der Waals surface area contributed by atoms with Gasteiger partial charge < -0.3 is 10.1 Å². The molecule has 0 aliphatic rings. The SMILES string of the molecule is C=CCNC(=O)N(CCc1ccccc1)c1cccc(Sc2ccc(CC(=O)OCC)cc2)c1. The number of hydrogen-bond donors (Lipinski definition) is 1. The van der Waals surface area contributed by atoms with E-state index in [0.29, 0.717) is 19.7 Å². The van der Waals surface area contributed by atoms with E-state index in [2.05, 4.69) is 24.0 Å². The Morgan fingerprint density at radius 2 is 1.74 bits per heavy atom. The minimum Gasteiger partial charge on any atom is -0.466 e. The van der Waals surface area contributed by atoms with E-state index in [1.165, 1.54) is 5.56 Å². The number of nitrogens with zero attached hydrogens (tertiary/aromatic N) is 1. The molecule has 0 bridgehead atoms. The van der Waals surface area contributed by atoms with E-state index in [9.17, 15) is 9.59 Å². The van der Waals surface area contributed by atoms with Gasteiger partial charge in [0.2, 0.25) is 0 Å². The number of hydrogen-bond acceptors (Lipinski definition) is 4. The lowest BCUT2D eigenvalue weighted by Crippen LogP contribution is -2.41. The van der Waals surface area contributed by atoms with Gasteiger partial charge in [0.15, 0.2) is 0 Å². The smallest absolute Gasteiger partial charge is 0.322 e. The topological polar surface area (TPSA) is 58.6 Å². The molecule has 0 saturated carbocycles. The molecule has 0 unspecified atom stereocenters. The summed E-state index contributed by atoms with van der Waals surface area (Å²) in [7, 11) is 0. The summed E-state index contributed by atoms with van der Waals surface area (Å²) >= 11 is 1.61. The average molecular weight is 475 g/mol. The minimum absolute atomic E-state index is 0.152. The molecule has 0 heterocycles. The first-order valence-corrected chi connectivity index (χ1v) is 12.1. The van der Waals surface area contributed by atoms with Gasteiger partial charge in [-0.3, -0.25) is 9.69 Å². The fraction of sp³-hybridized carbons (Fsp3) is 0.214. The molecule has 0 aromatic heterocycles. The Hall–Kier alpha value is -3.51. The molecule has 3 aromatic rings. The van der Waals surface area contributed by atoms with Crippen molar-refractivity contribution in [3.8, 4) is 0 Å². The summed E-state index contributed by atoms with van der Waals surface area (Å²) in [4.78, 5) is 28.4. The number of ether oxygens (including phenoxy) is 1.